The van der Waals surface area contributed by atoms with E-state index in [0.717, 1.165) is 12.8 Å². The molecule has 0 bridgehead atoms. The molecule has 304 valence electrons. The highest BCUT2D eigenvalue weighted by Gasteiger charge is 2.40. The van der Waals surface area contributed by atoms with Gasteiger partial charge in [0.1, 0.15) is 22.6 Å². The summed E-state index contributed by atoms with van der Waals surface area (Å²) in [7, 11) is 6.75. The lowest BCUT2D eigenvalue weighted by molar-refractivity contribution is -0.385. The van der Waals surface area contributed by atoms with Gasteiger partial charge in [-0.1, -0.05) is 48.5 Å². The normalized spacial score (nSPS) is 15.0. The van der Waals surface area contributed by atoms with Crippen molar-refractivity contribution in [3.8, 4) is 11.5 Å². The summed E-state index contributed by atoms with van der Waals surface area (Å²) in [5, 5.41) is 24.3. The summed E-state index contributed by atoms with van der Waals surface area (Å²) < 4.78 is 22.8. The van der Waals surface area contributed by atoms with Crippen molar-refractivity contribution in [1.82, 2.24) is 9.80 Å². The third-order valence-corrected chi connectivity index (χ3v) is 8.56. The van der Waals surface area contributed by atoms with Gasteiger partial charge in [0.25, 0.3) is 11.4 Å². The summed E-state index contributed by atoms with van der Waals surface area (Å²) in [6.07, 6.45) is 1.50. The van der Waals surface area contributed by atoms with E-state index in [1.165, 1.54) is 46.2 Å². The largest absolute Gasteiger partial charge is 0.462 e. The first-order valence-electron chi connectivity index (χ1n) is 17.6. The third kappa shape index (κ3) is 9.30. The number of ether oxygens (including phenoxy) is 4. The quantitative estimate of drug-likeness (QED) is 0.0965. The minimum Gasteiger partial charge on any atom is -0.462 e. The number of non-ortho nitro benzene ring substituents is 2. The van der Waals surface area contributed by atoms with Crippen molar-refractivity contribution < 1.29 is 48.0 Å². The molecular weight excluding hydrogens is 756 g/mol. The molecule has 0 unspecified atom stereocenters. The molecule has 2 aliphatic rings. The van der Waals surface area contributed by atoms with Gasteiger partial charge in [-0.15, -0.1) is 0 Å². The van der Waals surface area contributed by atoms with Crippen molar-refractivity contribution in [3.05, 3.63) is 138 Å². The first-order chi connectivity index (χ1) is 27.6. The molecule has 0 spiro atoms. The van der Waals surface area contributed by atoms with Gasteiger partial charge >= 0.3 is 11.9 Å². The first-order valence-corrected chi connectivity index (χ1v) is 17.6. The molecule has 4 N–H and O–H groups in total. The molecule has 2 heterocycles. The summed E-state index contributed by atoms with van der Waals surface area (Å²) in [5.74, 6) is -3.26. The number of carbonyl (C=O) groups is 4. The molecule has 0 aromatic heterocycles. The van der Waals surface area contributed by atoms with Gasteiger partial charge in [-0.25, -0.2) is 9.59 Å². The molecule has 0 saturated heterocycles. The molecule has 0 saturated carbocycles. The van der Waals surface area contributed by atoms with Crippen molar-refractivity contribution >= 4 is 46.9 Å². The van der Waals surface area contributed by atoms with E-state index in [0.29, 0.717) is 33.0 Å². The lowest BCUT2D eigenvalue weighted by Crippen LogP contribution is -2.28. The number of rotatable bonds is 10. The van der Waals surface area contributed by atoms with Crippen LogP contribution in [0.3, 0.4) is 0 Å². The summed E-state index contributed by atoms with van der Waals surface area (Å²) in [4.78, 5) is 70.3. The van der Waals surface area contributed by atoms with Crippen LogP contribution in [0.15, 0.2) is 95.7 Å². The third-order valence-electron chi connectivity index (χ3n) is 8.56. The fourth-order valence-corrected chi connectivity index (χ4v) is 6.17. The average molecular weight is 799 g/mol. The molecule has 6 rings (SSSR count). The lowest BCUT2D eigenvalue weighted by Gasteiger charge is -2.31. The Morgan fingerprint density at radius 3 is 1.31 bits per heavy atom. The van der Waals surface area contributed by atoms with Crippen molar-refractivity contribution in [1.29, 1.82) is 0 Å². The van der Waals surface area contributed by atoms with Gasteiger partial charge in [0.05, 0.1) is 34.9 Å². The van der Waals surface area contributed by atoms with E-state index in [-0.39, 0.29) is 59.0 Å². The van der Waals surface area contributed by atoms with Crippen LogP contribution in [0.4, 0.5) is 11.4 Å². The minimum absolute atomic E-state index is 0.0181. The van der Waals surface area contributed by atoms with Gasteiger partial charge in [0.15, 0.2) is 0 Å². The Kier molecular flexibility index (Phi) is 14.1. The molecular formula is C40H42N6O12. The maximum atomic E-state index is 13.2. The summed E-state index contributed by atoms with van der Waals surface area (Å²) in [5.41, 5.74) is 14.1. The summed E-state index contributed by atoms with van der Waals surface area (Å²) in [6, 6.07) is 18.5. The van der Waals surface area contributed by atoms with E-state index < -0.39 is 33.6 Å². The number of nitro benzene ring substituents is 2. The Labute approximate surface area is 332 Å². The van der Waals surface area contributed by atoms with E-state index in [4.69, 9.17) is 30.4 Å². The number of esters is 2. The van der Waals surface area contributed by atoms with E-state index >= 15 is 0 Å². The molecule has 4 aromatic rings. The van der Waals surface area contributed by atoms with Gasteiger partial charge in [-0.2, -0.15) is 0 Å². The second kappa shape index (κ2) is 18.9. The SMILES string of the molecule is CCOC(=O)C1=C(N)Oc2c(ccc3c4c(ccc23)[C@H](c2cccc([N+](=O)[O-])c2)C(C(=O)OCC)=C(N)O4)[C@H]1c1cccc([N+](=O)[O-])c1.CN(C)C=O.CN(C)C=O. The van der Waals surface area contributed by atoms with Gasteiger partial charge in [-0.05, 0) is 25.0 Å². The molecule has 4 aromatic carbocycles. The first kappa shape index (κ1) is 43.2. The number of carbonyl (C=O) groups excluding carboxylic acids is 4. The lowest BCUT2D eigenvalue weighted by atomic mass is 9.79. The molecule has 0 aliphatic carbocycles. The van der Waals surface area contributed by atoms with Gasteiger partial charge in [0, 0.05) is 74.4 Å². The standard InChI is InChI=1S/C34H28N4O10.2C3H7NO/c1-3-45-33(39)27-25(17-7-5-9-19(15-17)37(41)42)23-13-11-22-21(29(23)47-31(27)35)12-14-24-26(18-8-6-10-20(16-18)38(43)44)28(34(40)46-4-2)32(36)48-30(22)24;2*1-4(2)3-5/h5-16,25-26H,3-4,35-36H2,1-2H3;2*3H,1-2H3/t25-,26+;;. The second-order valence-corrected chi connectivity index (χ2v) is 13.0. The average Bonchev–Trinajstić information content (AvgIpc) is 3.20. The highest BCUT2D eigenvalue weighted by atomic mass is 16.6. The monoisotopic (exact) mass is 798 g/mol. The van der Waals surface area contributed by atoms with E-state index in [1.807, 2.05) is 0 Å². The fraction of sp³-hybridized carbons (Fsp3) is 0.250. The summed E-state index contributed by atoms with van der Waals surface area (Å²) >= 11 is 0. The molecule has 2 atom stereocenters. The van der Waals surface area contributed by atoms with Crippen LogP contribution in [0.25, 0.3) is 10.8 Å². The van der Waals surface area contributed by atoms with Crippen molar-refractivity contribution in [2.75, 3.05) is 41.4 Å². The number of nitrogens with two attached hydrogens (primary N) is 2. The molecule has 58 heavy (non-hydrogen) atoms. The van der Waals surface area contributed by atoms with Crippen LogP contribution < -0.4 is 20.9 Å². The van der Waals surface area contributed by atoms with Crippen LogP contribution in [0.5, 0.6) is 11.5 Å². The zero-order chi connectivity index (χ0) is 42.8. The number of hydrogen-bond donors (Lipinski definition) is 2. The predicted octanol–water partition coefficient (Wildman–Crippen LogP) is 4.58. The van der Waals surface area contributed by atoms with E-state index in [2.05, 4.69) is 0 Å². The number of benzene rings is 4. The van der Waals surface area contributed by atoms with Crippen molar-refractivity contribution in [2.45, 2.75) is 25.7 Å². The van der Waals surface area contributed by atoms with Crippen LogP contribution in [0, 0.1) is 20.2 Å². The smallest absolute Gasteiger partial charge is 0.340 e. The highest BCUT2D eigenvalue weighted by Crippen LogP contribution is 2.51. The number of nitrogens with zero attached hydrogens (tertiary/aromatic N) is 4. The number of fused-ring (bicyclic) bond motifs is 5. The molecule has 0 radical (unpaired) electrons. The fourth-order valence-electron chi connectivity index (χ4n) is 6.17. The summed E-state index contributed by atoms with van der Waals surface area (Å²) in [6.45, 7) is 3.39. The maximum absolute atomic E-state index is 13.2. The molecule has 2 aliphatic heterocycles. The highest BCUT2D eigenvalue weighted by molar-refractivity contribution is 6.01. The van der Waals surface area contributed by atoms with Crippen molar-refractivity contribution in [2.24, 2.45) is 11.5 Å². The topological polar surface area (TPSA) is 250 Å². The Morgan fingerprint density at radius 2 is 1.02 bits per heavy atom. The molecule has 0 fully saturated rings. The second-order valence-electron chi connectivity index (χ2n) is 13.0. The van der Waals surface area contributed by atoms with Crippen LogP contribution in [-0.2, 0) is 28.7 Å². The van der Waals surface area contributed by atoms with Gasteiger partial charge < -0.3 is 40.2 Å². The molecule has 18 nitrogen and oxygen atoms in total. The Balaban J connectivity index is 0.000000665. The number of nitro groups is 2. The zero-order valence-corrected chi connectivity index (χ0v) is 32.5. The molecule has 2 amide bonds. The van der Waals surface area contributed by atoms with E-state index in [1.54, 1.807) is 78.4 Å². The van der Waals surface area contributed by atoms with Gasteiger partial charge in [0.2, 0.25) is 24.6 Å². The predicted molar refractivity (Wildman–Crippen MR) is 210 cm³/mol. The van der Waals surface area contributed by atoms with Crippen LogP contribution in [0.2, 0.25) is 0 Å². The van der Waals surface area contributed by atoms with Crippen molar-refractivity contribution in [3.63, 3.8) is 0 Å². The number of amides is 2. The van der Waals surface area contributed by atoms with Crippen LogP contribution in [0.1, 0.15) is 47.9 Å². The Hall–Kier alpha value is -7.50. The van der Waals surface area contributed by atoms with Crippen LogP contribution in [-0.4, -0.2) is 85.8 Å². The van der Waals surface area contributed by atoms with Crippen LogP contribution >= 0.6 is 0 Å². The van der Waals surface area contributed by atoms with Gasteiger partial charge in [-0.3, -0.25) is 29.8 Å². The minimum atomic E-state index is -0.896. The Bertz CT molecular complexity index is 2160. The molecule has 18 heteroatoms. The van der Waals surface area contributed by atoms with E-state index in [9.17, 15) is 39.4 Å². The maximum Gasteiger partial charge on any atom is 0.340 e. The zero-order valence-electron chi connectivity index (χ0n) is 32.5. The Morgan fingerprint density at radius 1 is 0.672 bits per heavy atom. The number of hydrogen-bond acceptors (Lipinski definition) is 14.